The van der Waals surface area contributed by atoms with E-state index in [4.69, 9.17) is 5.73 Å². The SMILES string of the molecule is NCC#Cc1cc(C(=O)Nc2ccc(F)cc2F)cs1. The quantitative estimate of drug-likeness (QED) is 0.836. The van der Waals surface area contributed by atoms with Crippen molar-refractivity contribution in [3.8, 4) is 11.8 Å². The van der Waals surface area contributed by atoms with E-state index in [2.05, 4.69) is 17.2 Å². The number of carbonyl (C=O) groups excluding carboxylic acids is 1. The highest BCUT2D eigenvalue weighted by Gasteiger charge is 2.11. The molecule has 0 bridgehead atoms. The van der Waals surface area contributed by atoms with Crippen molar-refractivity contribution >= 4 is 22.9 Å². The van der Waals surface area contributed by atoms with Gasteiger partial charge in [-0.1, -0.05) is 11.8 Å². The number of rotatable bonds is 2. The molecule has 0 fully saturated rings. The molecular formula is C14H10F2N2OS. The molecule has 0 aliphatic heterocycles. The lowest BCUT2D eigenvalue weighted by Crippen LogP contribution is -2.12. The van der Waals surface area contributed by atoms with Gasteiger partial charge in [-0.25, -0.2) is 8.78 Å². The van der Waals surface area contributed by atoms with Crippen LogP contribution >= 0.6 is 11.3 Å². The van der Waals surface area contributed by atoms with Crippen LogP contribution in [0.25, 0.3) is 0 Å². The maximum atomic E-state index is 13.4. The molecule has 0 spiro atoms. The van der Waals surface area contributed by atoms with Gasteiger partial charge in [0.15, 0.2) is 0 Å². The van der Waals surface area contributed by atoms with Gasteiger partial charge in [0, 0.05) is 11.4 Å². The summed E-state index contributed by atoms with van der Waals surface area (Å²) in [5.74, 6) is 3.48. The second kappa shape index (κ2) is 6.28. The number of nitrogens with one attached hydrogen (secondary N) is 1. The predicted molar refractivity (Wildman–Crippen MR) is 74.6 cm³/mol. The summed E-state index contributed by atoms with van der Waals surface area (Å²) in [6.45, 7) is 0.236. The standard InChI is InChI=1S/C14H10F2N2OS/c15-10-3-4-13(12(16)7-10)18-14(19)9-6-11(20-8-9)2-1-5-17/h3-4,6-8H,5,17H2,(H,18,19). The number of hydrogen-bond donors (Lipinski definition) is 2. The molecule has 6 heteroatoms. The topological polar surface area (TPSA) is 55.1 Å². The van der Waals surface area contributed by atoms with Crippen molar-refractivity contribution in [1.29, 1.82) is 0 Å². The van der Waals surface area contributed by atoms with Gasteiger partial charge < -0.3 is 11.1 Å². The molecule has 1 heterocycles. The molecule has 1 aromatic carbocycles. The molecule has 0 saturated heterocycles. The molecule has 20 heavy (non-hydrogen) atoms. The molecular weight excluding hydrogens is 282 g/mol. The van der Waals surface area contributed by atoms with E-state index >= 15 is 0 Å². The first-order valence-corrected chi connectivity index (χ1v) is 6.52. The highest BCUT2D eigenvalue weighted by molar-refractivity contribution is 7.10. The Bertz CT molecular complexity index is 701. The van der Waals surface area contributed by atoms with Gasteiger partial charge in [-0.05, 0) is 18.2 Å². The number of halogens is 2. The van der Waals surface area contributed by atoms with Crippen LogP contribution in [-0.4, -0.2) is 12.5 Å². The number of hydrogen-bond acceptors (Lipinski definition) is 3. The van der Waals surface area contributed by atoms with Crippen LogP contribution in [0.1, 0.15) is 15.2 Å². The number of nitrogens with two attached hydrogens (primary N) is 1. The Morgan fingerprint density at radius 2 is 2.15 bits per heavy atom. The van der Waals surface area contributed by atoms with Gasteiger partial charge in [-0.2, -0.15) is 0 Å². The summed E-state index contributed by atoms with van der Waals surface area (Å²) < 4.78 is 26.2. The first-order valence-electron chi connectivity index (χ1n) is 5.64. The zero-order chi connectivity index (χ0) is 14.5. The largest absolute Gasteiger partial charge is 0.320 e. The third kappa shape index (κ3) is 3.41. The maximum absolute atomic E-state index is 13.4. The molecule has 0 saturated carbocycles. The van der Waals surface area contributed by atoms with E-state index in [0.29, 0.717) is 16.5 Å². The summed E-state index contributed by atoms with van der Waals surface area (Å²) >= 11 is 1.29. The summed E-state index contributed by atoms with van der Waals surface area (Å²) in [7, 11) is 0. The molecule has 102 valence electrons. The average molecular weight is 292 g/mol. The predicted octanol–water partition coefficient (Wildman–Crippen LogP) is 2.59. The van der Waals surface area contributed by atoms with Crippen LogP contribution in [-0.2, 0) is 0 Å². The Hall–Kier alpha value is -2.23. The van der Waals surface area contributed by atoms with E-state index in [9.17, 15) is 13.6 Å². The maximum Gasteiger partial charge on any atom is 0.256 e. The van der Waals surface area contributed by atoms with Crippen LogP contribution in [0.4, 0.5) is 14.5 Å². The summed E-state index contributed by atoms with van der Waals surface area (Å²) in [6.07, 6.45) is 0. The summed E-state index contributed by atoms with van der Waals surface area (Å²) in [5.41, 5.74) is 5.54. The second-order valence-electron chi connectivity index (χ2n) is 3.78. The average Bonchev–Trinajstić information content (AvgIpc) is 2.88. The highest BCUT2D eigenvalue weighted by Crippen LogP contribution is 2.18. The van der Waals surface area contributed by atoms with E-state index in [1.807, 2.05) is 0 Å². The fourth-order valence-corrected chi connectivity index (χ4v) is 2.20. The number of benzene rings is 1. The molecule has 3 N–H and O–H groups in total. The molecule has 0 aliphatic rings. The highest BCUT2D eigenvalue weighted by atomic mass is 32.1. The molecule has 0 aliphatic carbocycles. The van der Waals surface area contributed by atoms with Gasteiger partial charge in [0.2, 0.25) is 0 Å². The Morgan fingerprint density at radius 3 is 2.85 bits per heavy atom. The van der Waals surface area contributed by atoms with Crippen LogP contribution < -0.4 is 11.1 Å². The number of carbonyl (C=O) groups is 1. The number of amides is 1. The smallest absolute Gasteiger partial charge is 0.256 e. The molecule has 1 amide bonds. The van der Waals surface area contributed by atoms with Crippen molar-refractivity contribution in [2.24, 2.45) is 5.73 Å². The lowest BCUT2D eigenvalue weighted by molar-refractivity contribution is 0.102. The number of thiophene rings is 1. The lowest BCUT2D eigenvalue weighted by Gasteiger charge is -2.04. The van der Waals surface area contributed by atoms with Crippen molar-refractivity contribution in [3.63, 3.8) is 0 Å². The van der Waals surface area contributed by atoms with E-state index in [1.165, 1.54) is 17.4 Å². The normalized spacial score (nSPS) is 9.75. The third-order valence-electron chi connectivity index (χ3n) is 2.35. The van der Waals surface area contributed by atoms with Gasteiger partial charge in [0.1, 0.15) is 11.6 Å². The number of anilines is 1. The summed E-state index contributed by atoms with van der Waals surface area (Å²) in [4.78, 5) is 12.6. The van der Waals surface area contributed by atoms with Crippen LogP contribution in [0, 0.1) is 23.5 Å². The molecule has 2 aromatic rings. The Labute approximate surface area is 118 Å². The van der Waals surface area contributed by atoms with Gasteiger partial charge in [-0.3, -0.25) is 4.79 Å². The van der Waals surface area contributed by atoms with Gasteiger partial charge in [-0.15, -0.1) is 11.3 Å². The lowest BCUT2D eigenvalue weighted by atomic mass is 10.2. The van der Waals surface area contributed by atoms with Crippen molar-refractivity contribution in [2.75, 3.05) is 11.9 Å². The zero-order valence-corrected chi connectivity index (χ0v) is 11.1. The first-order chi connectivity index (χ1) is 9.60. The van der Waals surface area contributed by atoms with Crippen LogP contribution in [0.3, 0.4) is 0 Å². The fraction of sp³-hybridized carbons (Fsp3) is 0.0714. The minimum atomic E-state index is -0.822. The summed E-state index contributed by atoms with van der Waals surface area (Å²) in [5, 5.41) is 3.98. The van der Waals surface area contributed by atoms with Gasteiger partial charge in [0.25, 0.3) is 5.91 Å². The van der Waals surface area contributed by atoms with Gasteiger partial charge in [0.05, 0.1) is 22.7 Å². The van der Waals surface area contributed by atoms with E-state index in [0.717, 1.165) is 6.07 Å². The Balaban J connectivity index is 2.13. The first kappa shape index (κ1) is 14.2. The van der Waals surface area contributed by atoms with Crippen molar-refractivity contribution in [1.82, 2.24) is 0 Å². The minimum absolute atomic E-state index is 0.0720. The van der Waals surface area contributed by atoms with E-state index < -0.39 is 17.5 Å². The third-order valence-corrected chi connectivity index (χ3v) is 3.20. The Kier molecular flexibility index (Phi) is 4.45. The van der Waals surface area contributed by atoms with Crippen molar-refractivity contribution < 1.29 is 13.6 Å². The van der Waals surface area contributed by atoms with Crippen molar-refractivity contribution in [2.45, 2.75) is 0 Å². The second-order valence-corrected chi connectivity index (χ2v) is 4.70. The molecule has 0 atom stereocenters. The monoisotopic (exact) mass is 292 g/mol. The fourth-order valence-electron chi connectivity index (χ4n) is 1.44. The van der Waals surface area contributed by atoms with Crippen LogP contribution in [0.15, 0.2) is 29.6 Å². The van der Waals surface area contributed by atoms with E-state index in [1.54, 1.807) is 11.4 Å². The van der Waals surface area contributed by atoms with Crippen LogP contribution in [0.5, 0.6) is 0 Å². The van der Waals surface area contributed by atoms with Crippen LogP contribution in [0.2, 0.25) is 0 Å². The zero-order valence-electron chi connectivity index (χ0n) is 10.2. The van der Waals surface area contributed by atoms with Gasteiger partial charge >= 0.3 is 0 Å². The molecule has 2 rings (SSSR count). The molecule has 3 nitrogen and oxygen atoms in total. The van der Waals surface area contributed by atoms with E-state index in [-0.39, 0.29) is 12.2 Å². The van der Waals surface area contributed by atoms with Crippen molar-refractivity contribution in [3.05, 3.63) is 51.7 Å². The molecule has 0 radical (unpaired) electrons. The Morgan fingerprint density at radius 1 is 1.35 bits per heavy atom. The minimum Gasteiger partial charge on any atom is -0.320 e. The molecule has 1 aromatic heterocycles. The summed E-state index contributed by atoms with van der Waals surface area (Å²) in [6, 6.07) is 4.54. The molecule has 0 unspecified atom stereocenters.